The third kappa shape index (κ3) is 6.46. The minimum Gasteiger partial charge on any atom is -0.497 e. The molecule has 0 aliphatic carbocycles. The van der Waals surface area contributed by atoms with Crippen molar-refractivity contribution in [3.63, 3.8) is 0 Å². The quantitative estimate of drug-likeness (QED) is 0.137. The van der Waals surface area contributed by atoms with E-state index in [4.69, 9.17) is 29.5 Å². The van der Waals surface area contributed by atoms with Crippen LogP contribution in [0.4, 0.5) is 5.82 Å². The Kier molecular flexibility index (Phi) is 9.93. The minimum absolute atomic E-state index is 0.224. The highest BCUT2D eigenvalue weighted by Gasteiger charge is 2.45. The molecule has 0 radical (unpaired) electrons. The zero-order chi connectivity index (χ0) is 33.8. The van der Waals surface area contributed by atoms with Crippen LogP contribution in [-0.4, -0.2) is 64.6 Å². The maximum atomic E-state index is 7.26. The molecule has 1 aliphatic rings. The second-order valence-electron chi connectivity index (χ2n) is 12.6. The van der Waals surface area contributed by atoms with E-state index < -0.39 is 17.9 Å². The van der Waals surface area contributed by atoms with E-state index in [-0.39, 0.29) is 24.8 Å². The fourth-order valence-electron chi connectivity index (χ4n) is 6.62. The van der Waals surface area contributed by atoms with Gasteiger partial charge in [-0.15, -0.1) is 0 Å². The molecule has 0 spiro atoms. The first-order valence-corrected chi connectivity index (χ1v) is 16.4. The van der Waals surface area contributed by atoms with Crippen LogP contribution in [-0.2, 0) is 19.9 Å². The number of nitrogens with zero attached hydrogens (tertiary/aromatic N) is 4. The van der Waals surface area contributed by atoms with Gasteiger partial charge in [0.2, 0.25) is 0 Å². The van der Waals surface area contributed by atoms with Crippen LogP contribution in [0.5, 0.6) is 11.5 Å². The maximum Gasteiger partial charge on any atom is 0.167 e. The van der Waals surface area contributed by atoms with Crippen LogP contribution < -0.4 is 20.3 Å². The van der Waals surface area contributed by atoms with Crippen LogP contribution in [0, 0.1) is 0 Å². The van der Waals surface area contributed by atoms with E-state index in [2.05, 4.69) is 54.8 Å². The maximum absolute atomic E-state index is 7.26. The first-order chi connectivity index (χ1) is 23.2. The molecule has 0 unspecified atom stereocenters. The molecule has 3 aromatic carbocycles. The minimum atomic E-state index is -1.00. The summed E-state index contributed by atoms with van der Waals surface area (Å²) in [6.07, 6.45) is 2.58. The number of ether oxygens (including phenoxy) is 4. The summed E-state index contributed by atoms with van der Waals surface area (Å²) in [5.74, 6) is 1.84. The van der Waals surface area contributed by atoms with Crippen molar-refractivity contribution in [2.24, 2.45) is 0 Å². The Labute approximate surface area is 281 Å². The smallest absolute Gasteiger partial charge is 0.167 e. The summed E-state index contributed by atoms with van der Waals surface area (Å²) in [6, 6.07) is 26.7. The van der Waals surface area contributed by atoms with Crippen LogP contribution >= 0.6 is 0 Å². The number of hydrogen-bond acceptors (Lipinski definition) is 9. The van der Waals surface area contributed by atoms with Crippen molar-refractivity contribution in [2.75, 3.05) is 26.6 Å². The number of rotatable bonds is 13. The number of anilines is 1. The van der Waals surface area contributed by atoms with Crippen LogP contribution in [0.3, 0.4) is 0 Å². The molecular weight excluding hydrogens is 608 g/mol. The summed E-state index contributed by atoms with van der Waals surface area (Å²) >= 11 is 0. The number of hydroxylamine groups is 2. The summed E-state index contributed by atoms with van der Waals surface area (Å²) in [6.45, 7) is 8.85. The number of aromatic nitrogens is 4. The van der Waals surface area contributed by atoms with Gasteiger partial charge < -0.3 is 24.7 Å². The molecule has 48 heavy (non-hydrogen) atoms. The van der Waals surface area contributed by atoms with Crippen molar-refractivity contribution in [2.45, 2.75) is 70.2 Å². The highest BCUT2D eigenvalue weighted by molar-refractivity contribution is 5.81. The first kappa shape index (κ1) is 33.4. The molecule has 1 fully saturated rings. The van der Waals surface area contributed by atoms with Gasteiger partial charge in [-0.3, -0.25) is 4.57 Å². The lowest BCUT2D eigenvalue weighted by Gasteiger charge is -2.37. The molecule has 2 aromatic heterocycles. The van der Waals surface area contributed by atoms with Crippen LogP contribution in [0.25, 0.3) is 11.2 Å². The number of quaternary nitrogens is 1. The lowest BCUT2D eigenvalue weighted by atomic mass is 9.80. The number of imidazole rings is 1. The van der Waals surface area contributed by atoms with Crippen LogP contribution in [0.1, 0.15) is 57.0 Å². The Balaban J connectivity index is 1.42. The van der Waals surface area contributed by atoms with E-state index in [1.165, 1.54) is 6.33 Å². The van der Waals surface area contributed by atoms with Crippen molar-refractivity contribution in [3.05, 3.63) is 108 Å². The SMILES string of the molecule is COc1ccc(C(OC[C@H]2O[C@@H](n3cnc4c(N)ncnc43)C[C@@H]2O[NH+](C(C)C)C(C)C)(c2ccccc2)c2ccc(OC)cc2)cc1. The summed E-state index contributed by atoms with van der Waals surface area (Å²) < 4.78 is 27.0. The van der Waals surface area contributed by atoms with E-state index in [0.29, 0.717) is 23.4 Å². The molecular formula is C37H45N6O5+. The van der Waals surface area contributed by atoms with Gasteiger partial charge in [0.25, 0.3) is 0 Å². The Morgan fingerprint density at radius 3 is 1.98 bits per heavy atom. The highest BCUT2D eigenvalue weighted by atomic mass is 16.7. The average molecular weight is 654 g/mol. The summed E-state index contributed by atoms with van der Waals surface area (Å²) in [7, 11) is 3.33. The van der Waals surface area contributed by atoms with E-state index in [1.54, 1.807) is 20.5 Å². The van der Waals surface area contributed by atoms with Crippen molar-refractivity contribution in [3.8, 4) is 11.5 Å². The van der Waals surface area contributed by atoms with E-state index >= 15 is 0 Å². The molecule has 0 amide bonds. The standard InChI is InChI=1S/C37H44N6O5/c1-24(2)43(25(3)4)48-31-20-33(42-23-41-34-35(38)39-22-40-36(34)42)47-32(31)21-46-37(26-10-8-7-9-11-26,27-12-16-29(44-5)17-13-27)28-14-18-30(45-6)19-15-28/h7-19,22-25,31-33H,20-21H2,1-6H3,(H2,38,39,40)/p+1/t31-,32+,33+/m0/s1. The van der Waals surface area contributed by atoms with E-state index in [1.807, 2.05) is 71.3 Å². The molecule has 11 heteroatoms. The van der Waals surface area contributed by atoms with Crippen molar-refractivity contribution in [1.82, 2.24) is 19.5 Å². The van der Waals surface area contributed by atoms with E-state index in [0.717, 1.165) is 33.3 Å². The Morgan fingerprint density at radius 2 is 1.42 bits per heavy atom. The Bertz CT molecular complexity index is 1720. The second kappa shape index (κ2) is 14.3. The number of nitrogens with two attached hydrogens (primary N) is 1. The molecule has 5 aromatic rings. The van der Waals surface area contributed by atoms with Crippen LogP contribution in [0.15, 0.2) is 91.5 Å². The second-order valence-corrected chi connectivity index (χ2v) is 12.6. The van der Waals surface area contributed by atoms with Gasteiger partial charge in [0, 0.05) is 6.42 Å². The van der Waals surface area contributed by atoms with Gasteiger partial charge in [-0.05, 0) is 68.7 Å². The Morgan fingerprint density at radius 1 is 0.833 bits per heavy atom. The van der Waals surface area contributed by atoms with Gasteiger partial charge in [0.1, 0.15) is 59.5 Å². The molecule has 6 rings (SSSR count). The van der Waals surface area contributed by atoms with Crippen LogP contribution in [0.2, 0.25) is 0 Å². The molecule has 3 atom stereocenters. The number of methoxy groups -OCH3 is 2. The fourth-order valence-corrected chi connectivity index (χ4v) is 6.62. The predicted molar refractivity (Wildman–Crippen MR) is 183 cm³/mol. The molecule has 1 aliphatic heterocycles. The lowest BCUT2D eigenvalue weighted by Crippen LogP contribution is -3.17. The topological polar surface area (TPSA) is 120 Å². The average Bonchev–Trinajstić information content (AvgIpc) is 3.73. The number of hydrogen-bond donors (Lipinski definition) is 2. The Hall–Kier alpha value is -4.55. The molecule has 11 nitrogen and oxygen atoms in total. The third-order valence-electron chi connectivity index (χ3n) is 8.94. The first-order valence-electron chi connectivity index (χ1n) is 16.4. The largest absolute Gasteiger partial charge is 0.497 e. The fraction of sp³-hybridized carbons (Fsp3) is 0.378. The predicted octanol–water partition coefficient (Wildman–Crippen LogP) is 4.72. The molecule has 1 saturated heterocycles. The monoisotopic (exact) mass is 653 g/mol. The summed E-state index contributed by atoms with van der Waals surface area (Å²) in [5.41, 5.74) is 9.12. The van der Waals surface area contributed by atoms with E-state index in [9.17, 15) is 0 Å². The summed E-state index contributed by atoms with van der Waals surface area (Å²) in [5, 5.41) is 1.02. The van der Waals surface area contributed by atoms with Crippen molar-refractivity contribution in [1.29, 1.82) is 0 Å². The van der Waals surface area contributed by atoms with Gasteiger partial charge in [-0.1, -0.05) is 54.6 Å². The molecule has 0 saturated carbocycles. The highest BCUT2D eigenvalue weighted by Crippen LogP contribution is 2.43. The van der Waals surface area contributed by atoms with Crippen molar-refractivity contribution < 1.29 is 28.8 Å². The van der Waals surface area contributed by atoms with Gasteiger partial charge in [-0.2, -0.15) is 9.90 Å². The molecule has 3 heterocycles. The van der Waals surface area contributed by atoms with Gasteiger partial charge >= 0.3 is 0 Å². The molecule has 0 bridgehead atoms. The normalized spacial score (nSPS) is 18.3. The molecule has 3 N–H and O–H groups in total. The van der Waals surface area contributed by atoms with Crippen molar-refractivity contribution >= 4 is 17.0 Å². The number of nitrogens with one attached hydrogen (secondary N) is 1. The van der Waals surface area contributed by atoms with Gasteiger partial charge in [0.15, 0.2) is 11.5 Å². The number of benzene rings is 3. The third-order valence-corrected chi connectivity index (χ3v) is 8.94. The zero-order valence-corrected chi connectivity index (χ0v) is 28.4. The number of fused-ring (bicyclic) bond motifs is 1. The zero-order valence-electron chi connectivity index (χ0n) is 28.4. The van der Waals surface area contributed by atoms with Gasteiger partial charge in [-0.25, -0.2) is 15.0 Å². The summed E-state index contributed by atoms with van der Waals surface area (Å²) in [4.78, 5) is 19.9. The lowest BCUT2D eigenvalue weighted by molar-refractivity contribution is -1.13. The number of nitrogen functional groups attached to an aromatic ring is 1. The van der Waals surface area contributed by atoms with Gasteiger partial charge in [0.05, 0.1) is 27.2 Å². The molecule has 252 valence electrons.